The van der Waals surface area contributed by atoms with Crippen molar-refractivity contribution in [1.82, 2.24) is 5.32 Å². The Morgan fingerprint density at radius 1 is 1.62 bits per heavy atom. The summed E-state index contributed by atoms with van der Waals surface area (Å²) >= 11 is 0. The molecule has 0 radical (unpaired) electrons. The molecule has 0 spiro atoms. The predicted octanol–water partition coefficient (Wildman–Crippen LogP) is 1.03. The van der Waals surface area contributed by atoms with E-state index < -0.39 is 0 Å². The zero-order valence-electron chi connectivity index (χ0n) is 4.76. The highest BCUT2D eigenvalue weighted by atomic mass is 31.1. The molecule has 46 valence electrons. The summed E-state index contributed by atoms with van der Waals surface area (Å²) in [5, 5.41) is 3.18. The average molecular weight is 131 g/mol. The molecule has 0 aromatic carbocycles. The van der Waals surface area contributed by atoms with Crippen LogP contribution < -0.4 is 5.32 Å². The summed E-state index contributed by atoms with van der Waals surface area (Å²) in [5.74, 6) is 0. The van der Waals surface area contributed by atoms with Crippen molar-refractivity contribution < 1.29 is 4.57 Å². The fourth-order valence-corrected chi connectivity index (χ4v) is 1.42. The summed E-state index contributed by atoms with van der Waals surface area (Å²) in [6.45, 7) is 2.04. The Balaban J connectivity index is 2.22. The molecule has 1 N–H and O–H groups in total. The van der Waals surface area contributed by atoms with Crippen LogP contribution in [0.4, 0.5) is 0 Å². The normalized spacial score (nSPS) is 30.8. The topological polar surface area (TPSA) is 29.1 Å². The van der Waals surface area contributed by atoms with Gasteiger partial charge in [0.2, 0.25) is 0 Å². The largest absolute Gasteiger partial charge is 0.316 e. The first-order valence-corrected chi connectivity index (χ1v) is 3.85. The van der Waals surface area contributed by atoms with E-state index in [9.17, 15) is 4.57 Å². The van der Waals surface area contributed by atoms with E-state index in [-0.39, 0.29) is 0 Å². The standard InChI is InChI=1S/C5H10NOP/c7-8-5-2-1-3-6-4-5/h5-6H,1-4H2. The molecule has 0 aromatic heterocycles. The third-order valence-corrected chi connectivity index (χ3v) is 2.16. The molecule has 1 saturated heterocycles. The first-order valence-electron chi connectivity index (χ1n) is 2.96. The molecule has 3 heteroatoms. The smallest absolute Gasteiger partial charge is 0.159 e. The van der Waals surface area contributed by atoms with Gasteiger partial charge in [-0.05, 0) is 19.4 Å². The molecular formula is C5H10NOP. The van der Waals surface area contributed by atoms with Gasteiger partial charge in [0.15, 0.2) is 8.46 Å². The van der Waals surface area contributed by atoms with Gasteiger partial charge in [0.25, 0.3) is 0 Å². The Kier molecular flexibility index (Phi) is 2.44. The van der Waals surface area contributed by atoms with Gasteiger partial charge in [-0.2, -0.15) is 0 Å². The van der Waals surface area contributed by atoms with Crippen LogP contribution in [-0.4, -0.2) is 18.7 Å². The summed E-state index contributed by atoms with van der Waals surface area (Å²) in [6.07, 6.45) is 2.30. The zero-order valence-corrected chi connectivity index (χ0v) is 5.66. The molecule has 1 rings (SSSR count). The van der Waals surface area contributed by atoms with Gasteiger partial charge >= 0.3 is 0 Å². The van der Waals surface area contributed by atoms with Crippen molar-refractivity contribution in [3.63, 3.8) is 0 Å². The molecular weight excluding hydrogens is 121 g/mol. The van der Waals surface area contributed by atoms with Crippen LogP contribution in [0.5, 0.6) is 0 Å². The molecule has 1 unspecified atom stereocenters. The van der Waals surface area contributed by atoms with Crippen LogP contribution in [0.3, 0.4) is 0 Å². The van der Waals surface area contributed by atoms with Crippen molar-refractivity contribution in [1.29, 1.82) is 0 Å². The maximum atomic E-state index is 10.2. The van der Waals surface area contributed by atoms with Gasteiger partial charge in [-0.1, -0.05) is 0 Å². The quantitative estimate of drug-likeness (QED) is 0.538. The van der Waals surface area contributed by atoms with Gasteiger partial charge in [0.05, 0.1) is 5.66 Å². The second-order valence-electron chi connectivity index (χ2n) is 2.11. The molecule has 8 heavy (non-hydrogen) atoms. The Morgan fingerprint density at radius 2 is 2.50 bits per heavy atom. The summed E-state index contributed by atoms with van der Waals surface area (Å²) in [6, 6.07) is 0. The Hall–Kier alpha value is 0.0600. The first-order chi connectivity index (χ1) is 3.93. The highest BCUT2D eigenvalue weighted by Gasteiger charge is 2.11. The molecule has 0 aliphatic carbocycles. The van der Waals surface area contributed by atoms with Crippen molar-refractivity contribution in [2.24, 2.45) is 0 Å². The van der Waals surface area contributed by atoms with Crippen LogP contribution >= 0.6 is 8.46 Å². The van der Waals surface area contributed by atoms with Crippen molar-refractivity contribution in [3.05, 3.63) is 0 Å². The lowest BCUT2D eigenvalue weighted by molar-refractivity contribution is 0.511. The van der Waals surface area contributed by atoms with E-state index >= 15 is 0 Å². The molecule has 0 saturated carbocycles. The SMILES string of the molecule is O=PC1CCCNC1. The molecule has 0 amide bonds. The van der Waals surface area contributed by atoms with E-state index in [1.165, 1.54) is 6.42 Å². The minimum Gasteiger partial charge on any atom is -0.316 e. The zero-order chi connectivity index (χ0) is 5.82. The molecule has 1 aliphatic rings. The van der Waals surface area contributed by atoms with Gasteiger partial charge in [0, 0.05) is 6.54 Å². The Labute approximate surface area is 50.9 Å². The van der Waals surface area contributed by atoms with Gasteiger partial charge in [-0.15, -0.1) is 0 Å². The van der Waals surface area contributed by atoms with Gasteiger partial charge in [-0.25, -0.2) is 0 Å². The lowest BCUT2D eigenvalue weighted by atomic mass is 10.2. The maximum Gasteiger partial charge on any atom is 0.159 e. The van der Waals surface area contributed by atoms with Crippen LogP contribution in [0, 0.1) is 0 Å². The third kappa shape index (κ3) is 1.53. The van der Waals surface area contributed by atoms with E-state index in [0.29, 0.717) is 14.1 Å². The van der Waals surface area contributed by atoms with Crippen LogP contribution in [-0.2, 0) is 4.57 Å². The van der Waals surface area contributed by atoms with E-state index in [0.717, 1.165) is 19.5 Å². The highest BCUT2D eigenvalue weighted by molar-refractivity contribution is 7.24. The van der Waals surface area contributed by atoms with Crippen LogP contribution in [0.25, 0.3) is 0 Å². The fraction of sp³-hybridized carbons (Fsp3) is 1.00. The summed E-state index contributed by atoms with van der Waals surface area (Å²) in [4.78, 5) is 0. The second-order valence-corrected chi connectivity index (χ2v) is 3.05. The Morgan fingerprint density at radius 3 is 2.88 bits per heavy atom. The van der Waals surface area contributed by atoms with Crippen molar-refractivity contribution in [3.8, 4) is 0 Å². The number of nitrogens with one attached hydrogen (secondary N) is 1. The monoisotopic (exact) mass is 131 g/mol. The van der Waals surface area contributed by atoms with E-state index in [4.69, 9.17) is 0 Å². The second kappa shape index (κ2) is 3.16. The molecule has 0 bridgehead atoms. The summed E-state index contributed by atoms with van der Waals surface area (Å²) in [5.41, 5.74) is 0.392. The number of hydrogen-bond acceptors (Lipinski definition) is 2. The highest BCUT2D eigenvalue weighted by Crippen LogP contribution is 2.14. The van der Waals surface area contributed by atoms with Crippen LogP contribution in [0.15, 0.2) is 0 Å². The van der Waals surface area contributed by atoms with Gasteiger partial charge < -0.3 is 5.32 Å². The minimum atomic E-state index is 0.314. The minimum absolute atomic E-state index is 0.314. The Bertz CT molecular complexity index is 80.5. The number of piperidine rings is 1. The summed E-state index contributed by atoms with van der Waals surface area (Å²) in [7, 11) is 0.314. The van der Waals surface area contributed by atoms with Crippen LogP contribution in [0.2, 0.25) is 0 Å². The van der Waals surface area contributed by atoms with Crippen molar-refractivity contribution in [2.75, 3.05) is 13.1 Å². The molecule has 2 nitrogen and oxygen atoms in total. The number of hydrogen-bond donors (Lipinski definition) is 1. The molecule has 1 fully saturated rings. The molecule has 1 heterocycles. The number of rotatable bonds is 1. The lowest BCUT2D eigenvalue weighted by Gasteiger charge is -2.15. The van der Waals surface area contributed by atoms with Crippen molar-refractivity contribution >= 4 is 8.46 Å². The molecule has 0 aromatic rings. The predicted molar refractivity (Wildman–Crippen MR) is 33.5 cm³/mol. The fourth-order valence-electron chi connectivity index (χ4n) is 0.923. The third-order valence-electron chi connectivity index (χ3n) is 1.42. The molecule has 1 atom stereocenters. The summed E-state index contributed by atoms with van der Waals surface area (Å²) < 4.78 is 10.2. The molecule has 1 aliphatic heterocycles. The van der Waals surface area contributed by atoms with Gasteiger partial charge in [-0.3, -0.25) is 4.57 Å². The lowest BCUT2D eigenvalue weighted by Crippen LogP contribution is -2.30. The van der Waals surface area contributed by atoms with E-state index in [1.54, 1.807) is 0 Å². The van der Waals surface area contributed by atoms with E-state index in [2.05, 4.69) is 5.32 Å². The van der Waals surface area contributed by atoms with Crippen LogP contribution in [0.1, 0.15) is 12.8 Å². The van der Waals surface area contributed by atoms with Gasteiger partial charge in [0.1, 0.15) is 0 Å². The first kappa shape index (κ1) is 6.18. The maximum absolute atomic E-state index is 10.2. The van der Waals surface area contributed by atoms with E-state index in [1.807, 2.05) is 0 Å². The average Bonchev–Trinajstić information content (AvgIpc) is 1.90. The van der Waals surface area contributed by atoms with Crippen molar-refractivity contribution in [2.45, 2.75) is 18.5 Å².